The topological polar surface area (TPSA) is 43.8 Å². The number of hydrogen-bond acceptors (Lipinski definition) is 4. The number of thiophene rings is 1. The highest BCUT2D eigenvalue weighted by Gasteiger charge is 2.35. The first-order chi connectivity index (χ1) is 16.3. The molecule has 3 rings (SSSR count). The van der Waals surface area contributed by atoms with Crippen molar-refractivity contribution in [3.63, 3.8) is 0 Å². The number of thioether (sulfide) groups is 1. The van der Waals surface area contributed by atoms with Gasteiger partial charge < -0.3 is 5.73 Å². The van der Waals surface area contributed by atoms with Crippen LogP contribution in [0.5, 0.6) is 0 Å². The van der Waals surface area contributed by atoms with E-state index < -0.39 is 11.9 Å². The number of nitrogens with two attached hydrogens (primary N) is 1. The van der Waals surface area contributed by atoms with Gasteiger partial charge in [-0.3, -0.25) is 0 Å². The SMILES string of the molecule is C=C/C(=C\CN)n1nc(C(F)(F)F)cc1-c1ccc(-c2cccc(SC)c2)s1.C=CCC.CC. The van der Waals surface area contributed by atoms with Crippen LogP contribution in [0.25, 0.3) is 26.7 Å². The van der Waals surface area contributed by atoms with Crippen LogP contribution in [0.4, 0.5) is 13.2 Å². The number of allylic oxidation sites excluding steroid dienone is 3. The molecule has 0 unspecified atom stereocenters. The Labute approximate surface area is 208 Å². The van der Waals surface area contributed by atoms with Crippen molar-refractivity contribution in [2.45, 2.75) is 38.3 Å². The van der Waals surface area contributed by atoms with Crippen molar-refractivity contribution in [1.82, 2.24) is 9.78 Å². The molecule has 34 heavy (non-hydrogen) atoms. The van der Waals surface area contributed by atoms with Crippen LogP contribution >= 0.6 is 23.1 Å². The monoisotopic (exact) mass is 507 g/mol. The predicted octanol–water partition coefficient (Wildman–Crippen LogP) is 8.61. The van der Waals surface area contributed by atoms with Crippen LogP contribution in [0.2, 0.25) is 0 Å². The van der Waals surface area contributed by atoms with Crippen LogP contribution in [0.15, 0.2) is 78.7 Å². The molecule has 0 saturated heterocycles. The normalized spacial score (nSPS) is 11.1. The summed E-state index contributed by atoms with van der Waals surface area (Å²) in [7, 11) is 0. The summed E-state index contributed by atoms with van der Waals surface area (Å²) in [6.45, 7) is 13.4. The van der Waals surface area contributed by atoms with Gasteiger partial charge >= 0.3 is 6.18 Å². The maximum Gasteiger partial charge on any atom is 0.435 e. The molecule has 0 saturated carbocycles. The zero-order valence-corrected chi connectivity index (χ0v) is 21.7. The molecule has 0 bridgehead atoms. The van der Waals surface area contributed by atoms with E-state index in [-0.39, 0.29) is 6.54 Å². The highest BCUT2D eigenvalue weighted by atomic mass is 32.2. The second kappa shape index (κ2) is 14.7. The fourth-order valence-electron chi connectivity index (χ4n) is 2.68. The lowest BCUT2D eigenvalue weighted by molar-refractivity contribution is -0.141. The largest absolute Gasteiger partial charge is 0.435 e. The first-order valence-corrected chi connectivity index (χ1v) is 12.9. The Bertz CT molecular complexity index is 1080. The first kappa shape index (κ1) is 29.5. The predicted molar refractivity (Wildman–Crippen MR) is 143 cm³/mol. The number of hydrogen-bond donors (Lipinski definition) is 1. The second-order valence-electron chi connectivity index (χ2n) is 6.49. The van der Waals surface area contributed by atoms with E-state index in [9.17, 15) is 13.2 Å². The highest BCUT2D eigenvalue weighted by molar-refractivity contribution is 7.98. The van der Waals surface area contributed by atoms with Gasteiger partial charge in [0.1, 0.15) is 0 Å². The van der Waals surface area contributed by atoms with Crippen LogP contribution in [-0.2, 0) is 6.18 Å². The van der Waals surface area contributed by atoms with Gasteiger partial charge in [0.25, 0.3) is 0 Å². The molecule has 0 amide bonds. The molecule has 184 valence electrons. The number of nitrogens with zero attached hydrogens (tertiary/aromatic N) is 2. The summed E-state index contributed by atoms with van der Waals surface area (Å²) in [5.74, 6) is 0. The van der Waals surface area contributed by atoms with E-state index in [1.807, 2.05) is 56.5 Å². The number of rotatable bonds is 7. The summed E-state index contributed by atoms with van der Waals surface area (Å²) in [6, 6.07) is 12.8. The van der Waals surface area contributed by atoms with Crippen molar-refractivity contribution in [3.05, 3.63) is 79.5 Å². The first-order valence-electron chi connectivity index (χ1n) is 10.8. The third-order valence-corrected chi connectivity index (χ3v) is 6.16. The van der Waals surface area contributed by atoms with E-state index >= 15 is 0 Å². The van der Waals surface area contributed by atoms with Gasteiger partial charge in [-0.05, 0) is 60.7 Å². The molecule has 0 aliphatic carbocycles. The molecule has 0 radical (unpaired) electrons. The van der Waals surface area contributed by atoms with Gasteiger partial charge in [0.15, 0.2) is 5.69 Å². The minimum atomic E-state index is -4.54. The summed E-state index contributed by atoms with van der Waals surface area (Å²) in [4.78, 5) is 2.77. The number of alkyl halides is 3. The van der Waals surface area contributed by atoms with Gasteiger partial charge in [-0.25, -0.2) is 4.68 Å². The van der Waals surface area contributed by atoms with Gasteiger partial charge in [0, 0.05) is 16.3 Å². The minimum Gasteiger partial charge on any atom is -0.327 e. The molecule has 0 aliphatic heterocycles. The minimum absolute atomic E-state index is 0.166. The Hall–Kier alpha value is -2.55. The third-order valence-electron chi connectivity index (χ3n) is 4.28. The van der Waals surface area contributed by atoms with Crippen molar-refractivity contribution in [3.8, 4) is 21.0 Å². The maximum absolute atomic E-state index is 13.3. The van der Waals surface area contributed by atoms with E-state index in [0.29, 0.717) is 16.3 Å². The van der Waals surface area contributed by atoms with E-state index in [1.165, 1.54) is 22.1 Å². The molecule has 0 fully saturated rings. The lowest BCUT2D eigenvalue weighted by Crippen LogP contribution is -2.08. The Balaban J connectivity index is 0.000000872. The smallest absolute Gasteiger partial charge is 0.327 e. The fraction of sp³-hybridized carbons (Fsp3) is 0.269. The molecule has 2 aromatic heterocycles. The Kier molecular flexibility index (Phi) is 12.7. The van der Waals surface area contributed by atoms with E-state index in [1.54, 1.807) is 17.8 Å². The van der Waals surface area contributed by atoms with Gasteiger partial charge in [-0.15, -0.1) is 29.7 Å². The number of aromatic nitrogens is 2. The lowest BCUT2D eigenvalue weighted by Gasteiger charge is -2.07. The van der Waals surface area contributed by atoms with Crippen LogP contribution in [0.3, 0.4) is 0 Å². The van der Waals surface area contributed by atoms with Crippen molar-refractivity contribution >= 4 is 28.8 Å². The van der Waals surface area contributed by atoms with Crippen LogP contribution < -0.4 is 5.73 Å². The summed E-state index contributed by atoms with van der Waals surface area (Å²) in [5, 5.41) is 3.76. The molecular formula is C26H32F3N3S2. The Morgan fingerprint density at radius 3 is 2.32 bits per heavy atom. The molecule has 2 heterocycles. The molecule has 3 nitrogen and oxygen atoms in total. The molecule has 0 aliphatic rings. The summed E-state index contributed by atoms with van der Waals surface area (Å²) in [5.41, 5.74) is 6.37. The number of halogens is 3. The zero-order valence-electron chi connectivity index (χ0n) is 20.0. The van der Waals surface area contributed by atoms with E-state index in [0.717, 1.165) is 27.8 Å². The summed E-state index contributed by atoms with van der Waals surface area (Å²) < 4.78 is 41.0. The second-order valence-corrected chi connectivity index (χ2v) is 8.45. The average molecular weight is 508 g/mol. The molecule has 2 N–H and O–H groups in total. The van der Waals surface area contributed by atoms with Gasteiger partial charge in [-0.1, -0.05) is 45.6 Å². The summed E-state index contributed by atoms with van der Waals surface area (Å²) >= 11 is 3.05. The molecule has 0 spiro atoms. The average Bonchev–Trinajstić information content (AvgIpc) is 3.51. The highest BCUT2D eigenvalue weighted by Crippen LogP contribution is 2.39. The maximum atomic E-state index is 13.3. The van der Waals surface area contributed by atoms with Crippen molar-refractivity contribution in [2.75, 3.05) is 12.8 Å². The zero-order chi connectivity index (χ0) is 25.7. The molecule has 3 aromatic rings. The summed E-state index contributed by atoms with van der Waals surface area (Å²) in [6.07, 6.45) is 3.44. The molecule has 1 aromatic carbocycles. The quantitative estimate of drug-likeness (QED) is 0.198. The Morgan fingerprint density at radius 1 is 1.15 bits per heavy atom. The van der Waals surface area contributed by atoms with Crippen molar-refractivity contribution in [2.24, 2.45) is 5.73 Å². The standard InChI is InChI=1S/C20H18F3N3S2.C4H8.C2H6/c1-3-14(9-10-24)26-16(12-19(25-26)20(21,22)23)18-8-7-17(28-18)13-5-4-6-15(11-13)27-2;1-3-4-2;1-2/h3-9,11-12H,1,10,24H2,2H3;3H,1,4H2,2H3;1-2H3/b14-9+;;. The van der Waals surface area contributed by atoms with Gasteiger partial charge in [0.05, 0.1) is 16.3 Å². The van der Waals surface area contributed by atoms with Crippen LogP contribution in [0.1, 0.15) is 32.9 Å². The van der Waals surface area contributed by atoms with E-state index in [2.05, 4.69) is 31.2 Å². The molecule has 0 atom stereocenters. The molecular weight excluding hydrogens is 475 g/mol. The number of benzene rings is 1. The Morgan fingerprint density at radius 2 is 1.79 bits per heavy atom. The fourth-order valence-corrected chi connectivity index (χ4v) is 4.14. The van der Waals surface area contributed by atoms with Crippen LogP contribution in [-0.4, -0.2) is 22.6 Å². The van der Waals surface area contributed by atoms with Crippen molar-refractivity contribution in [1.29, 1.82) is 0 Å². The molecule has 8 heteroatoms. The lowest BCUT2D eigenvalue weighted by atomic mass is 10.2. The van der Waals surface area contributed by atoms with E-state index in [4.69, 9.17) is 5.73 Å². The van der Waals surface area contributed by atoms with Gasteiger partial charge in [-0.2, -0.15) is 18.3 Å². The van der Waals surface area contributed by atoms with Crippen LogP contribution in [0, 0.1) is 0 Å². The van der Waals surface area contributed by atoms with Gasteiger partial charge in [0.2, 0.25) is 0 Å². The third kappa shape index (κ3) is 8.04. The van der Waals surface area contributed by atoms with Crippen molar-refractivity contribution < 1.29 is 13.2 Å².